The van der Waals surface area contributed by atoms with Crippen molar-refractivity contribution in [1.82, 2.24) is 14.9 Å². The fraction of sp³-hybridized carbons (Fsp3) is 0.250. The molecule has 3 atom stereocenters. The van der Waals surface area contributed by atoms with E-state index >= 15 is 0 Å². The average Bonchev–Trinajstić information content (AvgIpc) is 3.27. The molecule has 0 spiro atoms. The van der Waals surface area contributed by atoms with Gasteiger partial charge >= 0.3 is 0 Å². The predicted molar refractivity (Wildman–Crippen MR) is 128 cm³/mol. The Morgan fingerprint density at radius 2 is 1.91 bits per heavy atom. The average molecular weight is 502 g/mol. The van der Waals surface area contributed by atoms with Crippen LogP contribution in [0.15, 0.2) is 54.9 Å². The first-order chi connectivity index (χ1) is 15.9. The van der Waals surface area contributed by atoms with Gasteiger partial charge in [0, 0.05) is 37.2 Å². The van der Waals surface area contributed by atoms with Crippen LogP contribution in [0.4, 0.5) is 5.82 Å². The monoisotopic (exact) mass is 500 g/mol. The number of carbonyl (C=O) groups excluding carboxylic acids is 1. The van der Waals surface area contributed by atoms with Crippen molar-refractivity contribution >= 4 is 46.5 Å². The third-order valence-electron chi connectivity index (χ3n) is 5.74. The quantitative estimate of drug-likeness (QED) is 0.384. The van der Waals surface area contributed by atoms with Crippen molar-refractivity contribution in [2.75, 3.05) is 13.1 Å². The van der Waals surface area contributed by atoms with Crippen LogP contribution in [0.1, 0.15) is 28.8 Å². The second kappa shape index (κ2) is 9.96. The van der Waals surface area contributed by atoms with Crippen molar-refractivity contribution in [3.8, 4) is 5.88 Å². The van der Waals surface area contributed by atoms with Gasteiger partial charge in [-0.3, -0.25) is 4.79 Å². The number of rotatable bonds is 5. The molecular weight excluding hydrogens is 483 g/mol. The first-order valence-electron chi connectivity index (χ1n) is 10.2. The van der Waals surface area contributed by atoms with Crippen LogP contribution in [0, 0.1) is 12.5 Å². The highest BCUT2D eigenvalue weighted by molar-refractivity contribution is 6.42. The van der Waals surface area contributed by atoms with Crippen molar-refractivity contribution in [2.45, 2.75) is 18.9 Å². The Labute approximate surface area is 206 Å². The Balaban J connectivity index is 1.60. The minimum Gasteiger partial charge on any atom is -0.474 e. The zero-order chi connectivity index (χ0) is 23.5. The molecule has 0 aliphatic carbocycles. The number of hydrogen-bond acceptors (Lipinski definition) is 4. The lowest BCUT2D eigenvalue weighted by Gasteiger charge is -2.25. The lowest BCUT2D eigenvalue weighted by molar-refractivity contribution is 0.0769. The van der Waals surface area contributed by atoms with E-state index in [0.29, 0.717) is 39.6 Å². The van der Waals surface area contributed by atoms with Gasteiger partial charge in [-0.15, -0.1) is 4.98 Å². The standard InChI is InChI=1S/C24H19Cl3N4O2/c1-14(33-23-8-5-17(25)11-30-23)18-12-31(24(32)16-4-7-22(28-2)29-10-16)13-19(18)15-3-6-20(26)21(27)9-15/h3-11,14,18-19H,12-13H2,1H3/t14-,18+,19+/m1/s1. The van der Waals surface area contributed by atoms with E-state index in [2.05, 4.69) is 14.8 Å². The molecule has 1 saturated heterocycles. The Morgan fingerprint density at radius 1 is 1.09 bits per heavy atom. The van der Waals surface area contributed by atoms with Gasteiger partial charge in [0.1, 0.15) is 12.3 Å². The van der Waals surface area contributed by atoms with Gasteiger partial charge in [0.05, 0.1) is 20.6 Å². The summed E-state index contributed by atoms with van der Waals surface area (Å²) in [6, 6.07) is 12.1. The van der Waals surface area contributed by atoms with E-state index in [-0.39, 0.29) is 29.7 Å². The molecule has 168 valence electrons. The molecule has 1 fully saturated rings. The molecule has 1 aliphatic rings. The SMILES string of the molecule is [C-]#[N+]c1ccc(C(=O)N2C[C@@H]([C@@H](C)Oc3ccc(Cl)cn3)[C@H](c3ccc(Cl)c(Cl)c3)C2)cn1. The molecule has 1 aromatic carbocycles. The van der Waals surface area contributed by atoms with E-state index in [1.165, 1.54) is 12.4 Å². The second-order valence-corrected chi connectivity index (χ2v) is 9.06. The van der Waals surface area contributed by atoms with Crippen LogP contribution in [0.25, 0.3) is 4.85 Å². The molecule has 1 aliphatic heterocycles. The van der Waals surface area contributed by atoms with Crippen molar-refractivity contribution in [3.05, 3.63) is 92.5 Å². The summed E-state index contributed by atoms with van der Waals surface area (Å²) >= 11 is 18.3. The van der Waals surface area contributed by atoms with Crippen LogP contribution in [0.3, 0.4) is 0 Å². The van der Waals surface area contributed by atoms with Gasteiger partial charge in [-0.1, -0.05) is 53.5 Å². The van der Waals surface area contributed by atoms with Gasteiger partial charge < -0.3 is 14.5 Å². The minimum absolute atomic E-state index is 0.0264. The smallest absolute Gasteiger partial charge is 0.269 e. The molecule has 0 N–H and O–H groups in total. The number of likely N-dealkylation sites (tertiary alicyclic amines) is 1. The number of carbonyl (C=O) groups is 1. The van der Waals surface area contributed by atoms with Crippen LogP contribution in [0.5, 0.6) is 5.88 Å². The van der Waals surface area contributed by atoms with Crippen LogP contribution in [-0.2, 0) is 0 Å². The number of pyridine rings is 2. The first-order valence-corrected chi connectivity index (χ1v) is 11.3. The first kappa shape index (κ1) is 23.3. The number of benzene rings is 1. The van der Waals surface area contributed by atoms with Crippen LogP contribution in [-0.4, -0.2) is 40.0 Å². The van der Waals surface area contributed by atoms with Crippen molar-refractivity contribution in [2.24, 2.45) is 5.92 Å². The predicted octanol–water partition coefficient (Wildman–Crippen LogP) is 6.31. The molecule has 0 bridgehead atoms. The summed E-state index contributed by atoms with van der Waals surface area (Å²) in [6.07, 6.45) is 2.72. The van der Waals surface area contributed by atoms with Gasteiger partial charge in [0.25, 0.3) is 11.7 Å². The molecule has 33 heavy (non-hydrogen) atoms. The van der Waals surface area contributed by atoms with Crippen molar-refractivity contribution in [3.63, 3.8) is 0 Å². The summed E-state index contributed by atoms with van der Waals surface area (Å²) < 4.78 is 6.11. The van der Waals surface area contributed by atoms with Gasteiger partial charge in [0.15, 0.2) is 0 Å². The number of ether oxygens (including phenoxy) is 1. The normalized spacial score (nSPS) is 18.6. The molecule has 2 aromatic heterocycles. The molecule has 0 unspecified atom stereocenters. The fourth-order valence-electron chi connectivity index (χ4n) is 4.04. The fourth-order valence-corrected chi connectivity index (χ4v) is 4.46. The molecular formula is C24H19Cl3N4O2. The van der Waals surface area contributed by atoms with E-state index in [1.54, 1.807) is 35.2 Å². The molecule has 4 rings (SSSR count). The molecule has 0 radical (unpaired) electrons. The molecule has 0 saturated carbocycles. The van der Waals surface area contributed by atoms with Gasteiger partial charge in [-0.2, -0.15) is 0 Å². The zero-order valence-corrected chi connectivity index (χ0v) is 19.8. The largest absolute Gasteiger partial charge is 0.474 e. The maximum absolute atomic E-state index is 13.2. The molecule has 6 nitrogen and oxygen atoms in total. The van der Waals surface area contributed by atoms with Crippen LogP contribution < -0.4 is 4.74 Å². The maximum atomic E-state index is 13.2. The zero-order valence-electron chi connectivity index (χ0n) is 17.6. The number of aromatic nitrogens is 2. The number of nitrogens with zero attached hydrogens (tertiary/aromatic N) is 4. The second-order valence-electron chi connectivity index (χ2n) is 7.81. The number of amides is 1. The number of halogens is 3. The molecule has 3 aromatic rings. The summed E-state index contributed by atoms with van der Waals surface area (Å²) in [5.41, 5.74) is 1.41. The molecule has 3 heterocycles. The third kappa shape index (κ3) is 5.22. The topological polar surface area (TPSA) is 59.7 Å². The van der Waals surface area contributed by atoms with E-state index in [0.717, 1.165) is 5.56 Å². The minimum atomic E-state index is -0.251. The summed E-state index contributed by atoms with van der Waals surface area (Å²) in [5, 5.41) is 1.47. The summed E-state index contributed by atoms with van der Waals surface area (Å²) in [5.74, 6) is 0.504. The molecule has 9 heteroatoms. The highest BCUT2D eigenvalue weighted by atomic mass is 35.5. The highest BCUT2D eigenvalue weighted by Gasteiger charge is 2.40. The van der Waals surface area contributed by atoms with E-state index in [9.17, 15) is 4.79 Å². The Morgan fingerprint density at radius 3 is 2.55 bits per heavy atom. The van der Waals surface area contributed by atoms with Gasteiger partial charge in [-0.25, -0.2) is 4.98 Å². The third-order valence-corrected chi connectivity index (χ3v) is 6.71. The Hall–Kier alpha value is -2.85. The highest BCUT2D eigenvalue weighted by Crippen LogP contribution is 2.38. The van der Waals surface area contributed by atoms with Crippen molar-refractivity contribution < 1.29 is 9.53 Å². The van der Waals surface area contributed by atoms with E-state index in [4.69, 9.17) is 46.1 Å². The Kier molecular flexibility index (Phi) is 7.04. The van der Waals surface area contributed by atoms with Crippen molar-refractivity contribution in [1.29, 1.82) is 0 Å². The maximum Gasteiger partial charge on any atom is 0.269 e. The van der Waals surface area contributed by atoms with Crippen LogP contribution >= 0.6 is 34.8 Å². The van der Waals surface area contributed by atoms with Gasteiger partial charge in [-0.05, 0) is 36.8 Å². The van der Waals surface area contributed by atoms with E-state index < -0.39 is 0 Å². The summed E-state index contributed by atoms with van der Waals surface area (Å²) in [4.78, 5) is 26.5. The van der Waals surface area contributed by atoms with Crippen LogP contribution in [0.2, 0.25) is 15.1 Å². The molecule has 1 amide bonds. The van der Waals surface area contributed by atoms with Gasteiger partial charge in [0.2, 0.25) is 5.88 Å². The lowest BCUT2D eigenvalue weighted by Crippen LogP contribution is -2.32. The number of hydrogen-bond donors (Lipinski definition) is 0. The Bertz CT molecular complexity index is 1200. The lowest BCUT2D eigenvalue weighted by atomic mass is 9.86. The van der Waals surface area contributed by atoms with E-state index in [1.807, 2.05) is 19.1 Å². The summed E-state index contributed by atoms with van der Waals surface area (Å²) in [6.45, 7) is 9.96. The summed E-state index contributed by atoms with van der Waals surface area (Å²) in [7, 11) is 0.